The minimum absolute atomic E-state index is 0. The molecule has 1 aromatic heterocycles. The predicted molar refractivity (Wildman–Crippen MR) is 100 cm³/mol. The van der Waals surface area contributed by atoms with E-state index in [2.05, 4.69) is 69.9 Å². The molecule has 0 fully saturated rings. The van der Waals surface area contributed by atoms with Crippen LogP contribution in [0.4, 0.5) is 0 Å². The van der Waals surface area contributed by atoms with Gasteiger partial charge in [0.05, 0.1) is 13.2 Å². The number of halogens is 1. The molecule has 0 saturated heterocycles. The molecule has 0 radical (unpaired) electrons. The number of nitrogens with zero attached hydrogens (tertiary/aromatic N) is 2. The molecular formula is C22H25BrN2O. The van der Waals surface area contributed by atoms with E-state index in [1.165, 1.54) is 42.0 Å². The zero-order valence-electron chi connectivity index (χ0n) is 15.2. The molecule has 0 saturated carbocycles. The Balaban J connectivity index is 0.00000196. The minimum atomic E-state index is 0. The van der Waals surface area contributed by atoms with Gasteiger partial charge >= 0.3 is 0 Å². The minimum Gasteiger partial charge on any atom is -1.00 e. The maximum absolute atomic E-state index is 5.59. The second-order valence-electron chi connectivity index (χ2n) is 6.56. The molecule has 0 N–H and O–H groups in total. The molecular weight excluding hydrogens is 388 g/mol. The molecule has 2 aromatic carbocycles. The number of rotatable bonds is 4. The van der Waals surface area contributed by atoms with Crippen molar-refractivity contribution in [3.8, 4) is 22.7 Å². The van der Waals surface area contributed by atoms with Gasteiger partial charge in [0.25, 0.3) is 5.82 Å². The second kappa shape index (κ2) is 8.54. The third kappa shape index (κ3) is 3.70. The number of hydrogen-bond donors (Lipinski definition) is 0. The number of benzene rings is 2. The average molecular weight is 413 g/mol. The van der Waals surface area contributed by atoms with Gasteiger partial charge in [-0.2, -0.15) is 4.57 Å². The van der Waals surface area contributed by atoms with Crippen LogP contribution in [0.25, 0.3) is 16.9 Å². The van der Waals surface area contributed by atoms with Crippen LogP contribution in [0.3, 0.4) is 0 Å². The van der Waals surface area contributed by atoms with Gasteiger partial charge in [-0.25, -0.2) is 4.57 Å². The highest BCUT2D eigenvalue weighted by Gasteiger charge is 2.26. The fourth-order valence-electron chi connectivity index (χ4n) is 3.70. The molecule has 4 heteroatoms. The summed E-state index contributed by atoms with van der Waals surface area (Å²) in [7, 11) is 0. The zero-order chi connectivity index (χ0) is 17.1. The van der Waals surface area contributed by atoms with Crippen LogP contribution in [0.2, 0.25) is 0 Å². The Kier molecular flexibility index (Phi) is 6.15. The first kappa shape index (κ1) is 18.7. The van der Waals surface area contributed by atoms with Gasteiger partial charge in [0.2, 0.25) is 0 Å². The molecule has 0 spiro atoms. The lowest BCUT2D eigenvalue weighted by Crippen LogP contribution is -3.00. The standard InChI is InChI=1S/C22H25N2O.BrH/c1-2-25-20-14-12-18(13-15-20)21-17-24(19-9-5-3-6-10-19)22-11-7-4-8-16-23(21)22;/h3,5-6,9-10,12-15,17H,2,4,7-8,11,16H2,1H3;1H/q+1;/p-1. The smallest absolute Gasteiger partial charge is 0.262 e. The van der Waals surface area contributed by atoms with Gasteiger partial charge in [-0.3, -0.25) is 0 Å². The number of aromatic nitrogens is 2. The van der Waals surface area contributed by atoms with E-state index in [1.807, 2.05) is 6.92 Å². The van der Waals surface area contributed by atoms with Crippen LogP contribution >= 0.6 is 0 Å². The van der Waals surface area contributed by atoms with Crippen molar-refractivity contribution in [1.29, 1.82) is 0 Å². The number of hydrogen-bond acceptors (Lipinski definition) is 1. The Hall–Kier alpha value is -2.07. The summed E-state index contributed by atoms with van der Waals surface area (Å²) in [5, 5.41) is 0. The summed E-state index contributed by atoms with van der Waals surface area (Å²) in [6.07, 6.45) is 7.25. The van der Waals surface area contributed by atoms with Crippen molar-refractivity contribution < 1.29 is 26.3 Å². The number of fused-ring (bicyclic) bond motifs is 1. The molecule has 0 bridgehead atoms. The zero-order valence-corrected chi connectivity index (χ0v) is 16.8. The van der Waals surface area contributed by atoms with Gasteiger partial charge in [-0.15, -0.1) is 0 Å². The van der Waals surface area contributed by atoms with E-state index in [-0.39, 0.29) is 17.0 Å². The fraction of sp³-hybridized carbons (Fsp3) is 0.318. The Morgan fingerprint density at radius 3 is 2.46 bits per heavy atom. The van der Waals surface area contributed by atoms with Crippen LogP contribution in [0, 0.1) is 0 Å². The van der Waals surface area contributed by atoms with E-state index < -0.39 is 0 Å². The average Bonchev–Trinajstić information content (AvgIpc) is 2.85. The Morgan fingerprint density at radius 2 is 1.73 bits per heavy atom. The maximum Gasteiger partial charge on any atom is 0.262 e. The molecule has 136 valence electrons. The second-order valence-corrected chi connectivity index (χ2v) is 6.56. The van der Waals surface area contributed by atoms with Crippen LogP contribution in [0.15, 0.2) is 60.8 Å². The summed E-state index contributed by atoms with van der Waals surface area (Å²) in [4.78, 5) is 0. The fourth-order valence-corrected chi connectivity index (χ4v) is 3.70. The summed E-state index contributed by atoms with van der Waals surface area (Å²) in [5.74, 6) is 2.34. The highest BCUT2D eigenvalue weighted by molar-refractivity contribution is 5.57. The van der Waals surface area contributed by atoms with Gasteiger partial charge in [-0.1, -0.05) is 18.2 Å². The lowest BCUT2D eigenvalue weighted by molar-refractivity contribution is -0.692. The summed E-state index contributed by atoms with van der Waals surface area (Å²) < 4.78 is 10.5. The normalized spacial score (nSPS) is 13.4. The van der Waals surface area contributed by atoms with Gasteiger partial charge in [0.15, 0.2) is 5.69 Å². The topological polar surface area (TPSA) is 18.0 Å². The van der Waals surface area contributed by atoms with Crippen molar-refractivity contribution in [3.05, 3.63) is 66.6 Å². The van der Waals surface area contributed by atoms with E-state index in [4.69, 9.17) is 4.74 Å². The third-order valence-corrected chi connectivity index (χ3v) is 4.91. The summed E-state index contributed by atoms with van der Waals surface area (Å²) >= 11 is 0. The Morgan fingerprint density at radius 1 is 0.962 bits per heavy atom. The molecule has 2 heterocycles. The lowest BCUT2D eigenvalue weighted by Gasteiger charge is -2.05. The lowest BCUT2D eigenvalue weighted by atomic mass is 10.1. The molecule has 0 atom stereocenters. The van der Waals surface area contributed by atoms with E-state index in [1.54, 1.807) is 0 Å². The molecule has 3 aromatic rings. The predicted octanol–water partition coefficient (Wildman–Crippen LogP) is 1.56. The molecule has 0 aliphatic carbocycles. The van der Waals surface area contributed by atoms with E-state index in [0.29, 0.717) is 6.61 Å². The molecule has 1 aliphatic rings. The number of imidazole rings is 1. The highest BCUT2D eigenvalue weighted by Crippen LogP contribution is 2.25. The molecule has 1 aliphatic heterocycles. The van der Waals surface area contributed by atoms with Crippen molar-refractivity contribution in [2.24, 2.45) is 0 Å². The molecule has 4 rings (SSSR count). The Labute approximate surface area is 166 Å². The monoisotopic (exact) mass is 412 g/mol. The van der Waals surface area contributed by atoms with E-state index in [9.17, 15) is 0 Å². The Bertz CT molecular complexity index is 841. The highest BCUT2D eigenvalue weighted by atomic mass is 79.9. The van der Waals surface area contributed by atoms with Gasteiger partial charge in [-0.05, 0) is 62.6 Å². The van der Waals surface area contributed by atoms with Gasteiger partial charge < -0.3 is 21.7 Å². The SMILES string of the molecule is CCOc1ccc(-c2cn(-c3ccccc3)c3[n+]2CCCCC3)cc1.[Br-]. The molecule has 0 amide bonds. The molecule has 3 nitrogen and oxygen atoms in total. The summed E-state index contributed by atoms with van der Waals surface area (Å²) in [6.45, 7) is 3.81. The first-order valence-electron chi connectivity index (χ1n) is 9.29. The van der Waals surface area contributed by atoms with E-state index in [0.717, 1.165) is 18.7 Å². The molecule has 0 unspecified atom stereocenters. The molecule has 26 heavy (non-hydrogen) atoms. The third-order valence-electron chi connectivity index (χ3n) is 4.91. The van der Waals surface area contributed by atoms with Crippen LogP contribution < -0.4 is 26.3 Å². The van der Waals surface area contributed by atoms with Gasteiger partial charge in [0.1, 0.15) is 17.6 Å². The quantitative estimate of drug-likeness (QED) is 0.594. The van der Waals surface area contributed by atoms with Crippen LogP contribution in [0.5, 0.6) is 5.75 Å². The van der Waals surface area contributed by atoms with Crippen LogP contribution in [0.1, 0.15) is 32.0 Å². The van der Waals surface area contributed by atoms with Crippen LogP contribution in [-0.2, 0) is 13.0 Å². The summed E-state index contributed by atoms with van der Waals surface area (Å²) in [6, 6.07) is 19.2. The van der Waals surface area contributed by atoms with Crippen molar-refractivity contribution in [2.75, 3.05) is 6.61 Å². The van der Waals surface area contributed by atoms with Crippen molar-refractivity contribution in [1.82, 2.24) is 4.57 Å². The van der Waals surface area contributed by atoms with Crippen molar-refractivity contribution >= 4 is 0 Å². The van der Waals surface area contributed by atoms with Gasteiger partial charge in [0, 0.05) is 12.0 Å². The van der Waals surface area contributed by atoms with Crippen LogP contribution in [-0.4, -0.2) is 11.2 Å². The largest absolute Gasteiger partial charge is 1.00 e. The first-order chi connectivity index (χ1) is 12.4. The van der Waals surface area contributed by atoms with Crippen molar-refractivity contribution in [2.45, 2.75) is 39.2 Å². The number of para-hydroxylation sites is 1. The van der Waals surface area contributed by atoms with E-state index >= 15 is 0 Å². The number of ether oxygens (including phenoxy) is 1. The first-order valence-corrected chi connectivity index (χ1v) is 9.29. The maximum atomic E-state index is 5.59. The van der Waals surface area contributed by atoms with Crippen molar-refractivity contribution in [3.63, 3.8) is 0 Å². The summed E-state index contributed by atoms with van der Waals surface area (Å²) in [5.41, 5.74) is 3.79.